The molecule has 44 heavy (non-hydrogen) atoms. The fraction of sp³-hybridized carbons (Fsp3) is 0.632. The van der Waals surface area contributed by atoms with Crippen LogP contribution in [0.4, 0.5) is 4.79 Å². The largest absolute Gasteiger partial charge is 0.463 e. The minimum atomic E-state index is -0.417. The Morgan fingerprint density at radius 3 is 1.70 bits per heavy atom. The molecule has 2 aromatic rings. The van der Waals surface area contributed by atoms with Crippen molar-refractivity contribution in [1.29, 1.82) is 0 Å². The third-order valence-electron chi connectivity index (χ3n) is 8.55. The quantitative estimate of drug-likeness (QED) is 0.0898. The molecule has 0 bridgehead atoms. The monoisotopic (exact) mass is 607 g/mol. The molecule has 244 valence electrons. The molecule has 0 spiro atoms. The highest BCUT2D eigenvalue weighted by Gasteiger charge is 2.28. The molecule has 6 heteroatoms. The van der Waals surface area contributed by atoms with Crippen LogP contribution in [-0.2, 0) is 19.0 Å². The Balaban J connectivity index is 1.06. The number of carbonyl (C=O) groups excluding carboxylic acids is 2. The van der Waals surface area contributed by atoms with E-state index in [9.17, 15) is 9.59 Å². The van der Waals surface area contributed by atoms with E-state index in [4.69, 9.17) is 14.2 Å². The molecule has 1 N–H and O–H groups in total. The van der Waals surface area contributed by atoms with E-state index in [0.29, 0.717) is 39.2 Å². The van der Waals surface area contributed by atoms with Crippen LogP contribution in [0, 0.1) is 0 Å². The molecule has 0 saturated carbocycles. The molecule has 0 radical (unpaired) electrons. The fourth-order valence-corrected chi connectivity index (χ4v) is 6.04. The van der Waals surface area contributed by atoms with Crippen LogP contribution in [0.25, 0.3) is 11.1 Å². The number of carbonyl (C=O) groups is 2. The maximum absolute atomic E-state index is 12.3. The Kier molecular flexibility index (Phi) is 18.3. The molecule has 0 fully saturated rings. The molecule has 0 heterocycles. The molecule has 3 rings (SSSR count). The Hall–Kier alpha value is -2.86. The number of rotatable bonds is 25. The highest BCUT2D eigenvalue weighted by Crippen LogP contribution is 2.44. The van der Waals surface area contributed by atoms with Crippen molar-refractivity contribution >= 4 is 12.1 Å². The number of alkyl carbamates (subject to hydrolysis) is 1. The summed E-state index contributed by atoms with van der Waals surface area (Å²) in [5, 5.41) is 2.80. The second kappa shape index (κ2) is 22.6. The third-order valence-corrected chi connectivity index (χ3v) is 8.55. The molecular formula is C38H57NO5. The summed E-state index contributed by atoms with van der Waals surface area (Å²) in [5.74, 6) is -0.0846. The standard InChI is InChI=1S/C38H57NO5/c1-2-3-4-5-6-7-8-9-10-11-12-13-14-15-16-26-37(40)43-30-29-42-28-21-27-39-38(41)44-31-36-34-24-19-17-22-32(34)33-23-18-20-25-35(33)36/h17-20,22-25,36H,2-16,21,26-31H2,1H3,(H,39,41). The summed E-state index contributed by atoms with van der Waals surface area (Å²) in [7, 11) is 0. The van der Waals surface area contributed by atoms with E-state index in [1.54, 1.807) is 0 Å². The van der Waals surface area contributed by atoms with Gasteiger partial charge in [-0.3, -0.25) is 4.79 Å². The van der Waals surface area contributed by atoms with Gasteiger partial charge in [-0.15, -0.1) is 0 Å². The number of benzene rings is 2. The van der Waals surface area contributed by atoms with Gasteiger partial charge in [0.1, 0.15) is 13.2 Å². The van der Waals surface area contributed by atoms with Gasteiger partial charge in [0.15, 0.2) is 0 Å². The first-order valence-electron chi connectivity index (χ1n) is 17.5. The van der Waals surface area contributed by atoms with Gasteiger partial charge in [0.25, 0.3) is 0 Å². The van der Waals surface area contributed by atoms with Crippen molar-refractivity contribution in [3.63, 3.8) is 0 Å². The molecule has 1 amide bonds. The van der Waals surface area contributed by atoms with Gasteiger partial charge in [-0.2, -0.15) is 0 Å². The van der Waals surface area contributed by atoms with Crippen LogP contribution in [-0.4, -0.2) is 45.0 Å². The summed E-state index contributed by atoms with van der Waals surface area (Å²) in [6.45, 7) is 4.18. The molecule has 0 aliphatic heterocycles. The fourth-order valence-electron chi connectivity index (χ4n) is 6.04. The number of unbranched alkanes of at least 4 members (excludes halogenated alkanes) is 14. The SMILES string of the molecule is CCCCCCCCCCCCCCCCCC(=O)OCCOCCCNC(=O)OCC1c2ccccc2-c2ccccc21. The number of amides is 1. The molecule has 0 unspecified atom stereocenters. The summed E-state index contributed by atoms with van der Waals surface area (Å²) in [5.41, 5.74) is 4.82. The lowest BCUT2D eigenvalue weighted by Crippen LogP contribution is -2.27. The third kappa shape index (κ3) is 13.8. The number of hydrogen-bond acceptors (Lipinski definition) is 5. The molecule has 6 nitrogen and oxygen atoms in total. The smallest absolute Gasteiger partial charge is 0.407 e. The van der Waals surface area contributed by atoms with Crippen molar-refractivity contribution in [2.45, 2.75) is 122 Å². The first kappa shape index (κ1) is 35.6. The number of ether oxygens (including phenoxy) is 3. The molecule has 2 aromatic carbocycles. The summed E-state index contributed by atoms with van der Waals surface area (Å²) in [6.07, 6.45) is 20.4. The van der Waals surface area contributed by atoms with Crippen molar-refractivity contribution < 1.29 is 23.8 Å². The van der Waals surface area contributed by atoms with Gasteiger partial charge in [-0.25, -0.2) is 4.79 Å². The van der Waals surface area contributed by atoms with Crippen LogP contribution in [0.2, 0.25) is 0 Å². The molecule has 0 saturated heterocycles. The first-order valence-corrected chi connectivity index (χ1v) is 17.5. The maximum Gasteiger partial charge on any atom is 0.407 e. The number of nitrogens with one attached hydrogen (secondary N) is 1. The van der Waals surface area contributed by atoms with Crippen LogP contribution in [0.5, 0.6) is 0 Å². The second-order valence-electron chi connectivity index (χ2n) is 12.1. The summed E-state index contributed by atoms with van der Waals surface area (Å²) < 4.78 is 16.4. The summed E-state index contributed by atoms with van der Waals surface area (Å²) in [6, 6.07) is 16.6. The van der Waals surface area contributed by atoms with Gasteiger partial charge in [0.2, 0.25) is 0 Å². The normalized spacial score (nSPS) is 12.1. The van der Waals surface area contributed by atoms with Gasteiger partial charge < -0.3 is 19.5 Å². The van der Waals surface area contributed by atoms with Crippen molar-refractivity contribution in [1.82, 2.24) is 5.32 Å². The molecule has 1 aliphatic carbocycles. The average Bonchev–Trinajstić information content (AvgIpc) is 3.36. The first-order chi connectivity index (χ1) is 21.7. The highest BCUT2D eigenvalue weighted by atomic mass is 16.6. The van der Waals surface area contributed by atoms with Crippen LogP contribution < -0.4 is 5.32 Å². The Morgan fingerprint density at radius 2 is 1.14 bits per heavy atom. The molecule has 1 aliphatic rings. The predicted octanol–water partition coefficient (Wildman–Crippen LogP) is 9.74. The lowest BCUT2D eigenvalue weighted by atomic mass is 9.98. The van der Waals surface area contributed by atoms with Gasteiger partial charge in [0, 0.05) is 25.5 Å². The van der Waals surface area contributed by atoms with Crippen LogP contribution in [0.3, 0.4) is 0 Å². The molecule has 0 atom stereocenters. The van der Waals surface area contributed by atoms with Crippen molar-refractivity contribution in [3.8, 4) is 11.1 Å². The van der Waals surface area contributed by atoms with E-state index >= 15 is 0 Å². The maximum atomic E-state index is 12.3. The topological polar surface area (TPSA) is 73.9 Å². The predicted molar refractivity (Wildman–Crippen MR) is 179 cm³/mol. The van der Waals surface area contributed by atoms with Gasteiger partial charge in [-0.1, -0.05) is 145 Å². The number of hydrogen-bond donors (Lipinski definition) is 1. The van der Waals surface area contributed by atoms with E-state index in [0.717, 1.165) is 12.8 Å². The highest BCUT2D eigenvalue weighted by molar-refractivity contribution is 5.79. The zero-order valence-electron chi connectivity index (χ0n) is 27.3. The van der Waals surface area contributed by atoms with E-state index in [1.807, 2.05) is 24.3 Å². The number of esters is 1. The number of fused-ring (bicyclic) bond motifs is 3. The van der Waals surface area contributed by atoms with Crippen LogP contribution >= 0.6 is 0 Å². The second-order valence-corrected chi connectivity index (χ2v) is 12.1. The minimum Gasteiger partial charge on any atom is -0.463 e. The van der Waals surface area contributed by atoms with Crippen molar-refractivity contribution in [2.24, 2.45) is 0 Å². The molecule has 0 aromatic heterocycles. The lowest BCUT2D eigenvalue weighted by Gasteiger charge is -2.14. The summed E-state index contributed by atoms with van der Waals surface area (Å²) in [4.78, 5) is 24.2. The van der Waals surface area contributed by atoms with Crippen molar-refractivity contribution in [2.75, 3.05) is 33.0 Å². The summed E-state index contributed by atoms with van der Waals surface area (Å²) >= 11 is 0. The Morgan fingerprint density at radius 1 is 0.614 bits per heavy atom. The van der Waals surface area contributed by atoms with Crippen LogP contribution in [0.15, 0.2) is 48.5 Å². The van der Waals surface area contributed by atoms with Crippen LogP contribution in [0.1, 0.15) is 133 Å². The zero-order valence-corrected chi connectivity index (χ0v) is 27.3. The molecular weight excluding hydrogens is 550 g/mol. The lowest BCUT2D eigenvalue weighted by molar-refractivity contribution is -0.145. The van der Waals surface area contributed by atoms with E-state index in [-0.39, 0.29) is 18.5 Å². The van der Waals surface area contributed by atoms with Gasteiger partial charge >= 0.3 is 12.1 Å². The minimum absolute atomic E-state index is 0.0541. The van der Waals surface area contributed by atoms with Crippen molar-refractivity contribution in [3.05, 3.63) is 59.7 Å². The van der Waals surface area contributed by atoms with E-state index in [2.05, 4.69) is 36.5 Å². The zero-order chi connectivity index (χ0) is 31.1. The Bertz CT molecular complexity index is 1030. The average molecular weight is 608 g/mol. The van der Waals surface area contributed by atoms with Gasteiger partial charge in [-0.05, 0) is 35.1 Å². The van der Waals surface area contributed by atoms with Gasteiger partial charge in [0.05, 0.1) is 6.61 Å². The van der Waals surface area contributed by atoms with E-state index in [1.165, 1.54) is 106 Å². The van der Waals surface area contributed by atoms with E-state index < -0.39 is 6.09 Å². The Labute approximate surface area is 266 Å².